The Morgan fingerprint density at radius 3 is 2.53 bits per heavy atom. The van der Waals surface area contributed by atoms with Crippen LogP contribution in [0.25, 0.3) is 0 Å². The molecule has 2 fully saturated rings. The third-order valence-corrected chi connectivity index (χ3v) is 3.07. The molecular weight excluding hydrogens is 246 g/mol. The molecule has 7 heteroatoms. The molecule has 2 aliphatic rings. The number of hydrazine groups is 3. The van der Waals surface area contributed by atoms with Crippen LogP contribution in [0.1, 0.15) is 23.2 Å². The predicted molar refractivity (Wildman–Crippen MR) is 68.5 cm³/mol. The summed E-state index contributed by atoms with van der Waals surface area (Å²) in [5, 5.41) is 2.75. The van der Waals surface area contributed by atoms with Crippen LogP contribution >= 0.6 is 0 Å². The first-order valence-electron chi connectivity index (χ1n) is 6.36. The van der Waals surface area contributed by atoms with Crippen molar-refractivity contribution in [2.75, 3.05) is 6.61 Å². The molecule has 1 saturated heterocycles. The van der Waals surface area contributed by atoms with E-state index in [4.69, 9.17) is 4.74 Å². The van der Waals surface area contributed by atoms with Crippen molar-refractivity contribution < 1.29 is 9.53 Å². The number of amides is 1. The van der Waals surface area contributed by atoms with E-state index in [-0.39, 0.29) is 12.2 Å². The highest BCUT2D eigenvalue weighted by molar-refractivity contribution is 5.94. The maximum atomic E-state index is 11.9. The van der Waals surface area contributed by atoms with Crippen molar-refractivity contribution in [2.24, 2.45) is 5.92 Å². The molecule has 5 N–H and O–H groups in total. The average molecular weight is 263 g/mol. The number of rotatable bonds is 5. The van der Waals surface area contributed by atoms with Crippen LogP contribution in [0.3, 0.4) is 0 Å². The number of benzene rings is 1. The van der Waals surface area contributed by atoms with E-state index in [0.29, 0.717) is 5.56 Å². The van der Waals surface area contributed by atoms with Crippen LogP contribution < -0.4 is 32.0 Å². The van der Waals surface area contributed by atoms with Gasteiger partial charge in [-0.2, -0.15) is 11.1 Å². The lowest BCUT2D eigenvalue weighted by atomic mass is 10.2. The van der Waals surface area contributed by atoms with Crippen molar-refractivity contribution in [1.29, 1.82) is 0 Å². The van der Waals surface area contributed by atoms with Crippen LogP contribution in [0.5, 0.6) is 5.75 Å². The first-order valence-corrected chi connectivity index (χ1v) is 6.36. The molecule has 0 radical (unpaired) electrons. The Morgan fingerprint density at radius 1 is 1.21 bits per heavy atom. The molecule has 1 aliphatic carbocycles. The highest BCUT2D eigenvalue weighted by Gasteiger charge is 2.22. The maximum Gasteiger partial charge on any atom is 0.253 e. The maximum absolute atomic E-state index is 11.9. The zero-order valence-electron chi connectivity index (χ0n) is 10.4. The molecule has 1 aliphatic heterocycles. The Morgan fingerprint density at radius 2 is 1.89 bits per heavy atom. The smallest absolute Gasteiger partial charge is 0.253 e. The van der Waals surface area contributed by atoms with Gasteiger partial charge in [0, 0.05) is 5.56 Å². The van der Waals surface area contributed by atoms with Crippen molar-refractivity contribution in [2.45, 2.75) is 19.1 Å². The monoisotopic (exact) mass is 263 g/mol. The summed E-state index contributed by atoms with van der Waals surface area (Å²) in [5.74, 6) is 1.37. The molecule has 102 valence electrons. The quantitative estimate of drug-likeness (QED) is 0.497. The molecule has 1 amide bonds. The van der Waals surface area contributed by atoms with Gasteiger partial charge in [0.15, 0.2) is 6.29 Å². The molecule has 1 aromatic rings. The molecule has 0 aromatic heterocycles. The number of carbonyl (C=O) groups is 1. The Kier molecular flexibility index (Phi) is 3.60. The average Bonchev–Trinajstić information content (AvgIpc) is 3.13. The van der Waals surface area contributed by atoms with Gasteiger partial charge < -0.3 is 10.1 Å². The first-order chi connectivity index (χ1) is 9.31. The lowest BCUT2D eigenvalue weighted by molar-refractivity contribution is 0.0927. The Bertz CT molecular complexity index is 440. The third-order valence-electron chi connectivity index (χ3n) is 3.07. The minimum Gasteiger partial charge on any atom is -0.493 e. The van der Waals surface area contributed by atoms with Crippen molar-refractivity contribution in [1.82, 2.24) is 27.2 Å². The predicted octanol–water partition coefficient (Wildman–Crippen LogP) is -0.394. The Balaban J connectivity index is 1.52. The van der Waals surface area contributed by atoms with E-state index in [0.717, 1.165) is 18.3 Å². The summed E-state index contributed by atoms with van der Waals surface area (Å²) in [5.41, 5.74) is 11.4. The van der Waals surface area contributed by atoms with Crippen molar-refractivity contribution in [3.8, 4) is 5.75 Å². The van der Waals surface area contributed by atoms with Gasteiger partial charge in [-0.25, -0.2) is 10.9 Å². The van der Waals surface area contributed by atoms with Crippen molar-refractivity contribution in [3.63, 3.8) is 0 Å². The number of carbonyl (C=O) groups excluding carboxylic acids is 1. The minimum absolute atomic E-state index is 0.163. The molecule has 0 unspecified atom stereocenters. The van der Waals surface area contributed by atoms with Gasteiger partial charge in [-0.15, -0.1) is 0 Å². The Labute approximate surface area is 111 Å². The molecule has 1 aromatic carbocycles. The van der Waals surface area contributed by atoms with Crippen LogP contribution in [-0.2, 0) is 0 Å². The molecule has 1 heterocycles. The number of ether oxygens (including phenoxy) is 1. The van der Waals surface area contributed by atoms with E-state index < -0.39 is 0 Å². The topological polar surface area (TPSA) is 86.5 Å². The fraction of sp³-hybridized carbons (Fsp3) is 0.417. The molecule has 0 atom stereocenters. The molecule has 3 rings (SSSR count). The third kappa shape index (κ3) is 3.42. The second-order valence-electron chi connectivity index (χ2n) is 4.72. The number of nitrogens with one attached hydrogen (secondary N) is 5. The zero-order valence-corrected chi connectivity index (χ0v) is 10.4. The van der Waals surface area contributed by atoms with Gasteiger partial charge in [-0.1, -0.05) is 0 Å². The fourth-order valence-corrected chi connectivity index (χ4v) is 1.74. The molecule has 0 spiro atoms. The van der Waals surface area contributed by atoms with Crippen LogP contribution in [-0.4, -0.2) is 18.8 Å². The van der Waals surface area contributed by atoms with E-state index in [1.165, 1.54) is 12.8 Å². The van der Waals surface area contributed by atoms with Crippen LogP contribution in [0.15, 0.2) is 24.3 Å². The minimum atomic E-state index is -0.349. The molecule has 19 heavy (non-hydrogen) atoms. The summed E-state index contributed by atoms with van der Waals surface area (Å²) in [6, 6.07) is 7.16. The summed E-state index contributed by atoms with van der Waals surface area (Å²) >= 11 is 0. The van der Waals surface area contributed by atoms with Gasteiger partial charge in [0.2, 0.25) is 0 Å². The Hall–Kier alpha value is -1.67. The highest BCUT2D eigenvalue weighted by Crippen LogP contribution is 2.29. The first kappa shape index (κ1) is 12.4. The van der Waals surface area contributed by atoms with Gasteiger partial charge in [0.1, 0.15) is 5.75 Å². The van der Waals surface area contributed by atoms with Gasteiger partial charge in [0.25, 0.3) is 5.91 Å². The summed E-state index contributed by atoms with van der Waals surface area (Å²) in [7, 11) is 0. The molecular formula is C12H17N5O2. The number of hydrogen-bond donors (Lipinski definition) is 5. The lowest BCUT2D eigenvalue weighted by Crippen LogP contribution is -2.49. The summed E-state index contributed by atoms with van der Waals surface area (Å²) in [6.07, 6.45) is 2.19. The normalized spacial score (nSPS) is 19.4. The van der Waals surface area contributed by atoms with Crippen LogP contribution in [0.2, 0.25) is 0 Å². The van der Waals surface area contributed by atoms with Gasteiger partial charge in [-0.3, -0.25) is 4.79 Å². The van der Waals surface area contributed by atoms with E-state index in [1.54, 1.807) is 12.1 Å². The SMILES string of the molecule is O=C(NC1NNNN1)c1ccc(OCC2CC2)cc1. The second-order valence-corrected chi connectivity index (χ2v) is 4.72. The van der Waals surface area contributed by atoms with Gasteiger partial charge in [-0.05, 0) is 43.0 Å². The summed E-state index contributed by atoms with van der Waals surface area (Å²) in [4.78, 5) is 11.9. The molecule has 1 saturated carbocycles. The van der Waals surface area contributed by atoms with Crippen molar-refractivity contribution in [3.05, 3.63) is 29.8 Å². The lowest BCUT2D eigenvalue weighted by Gasteiger charge is -2.11. The van der Waals surface area contributed by atoms with Crippen LogP contribution in [0.4, 0.5) is 0 Å². The largest absolute Gasteiger partial charge is 0.493 e. The van der Waals surface area contributed by atoms with Crippen LogP contribution in [0, 0.1) is 5.92 Å². The zero-order chi connectivity index (χ0) is 13.1. The second kappa shape index (κ2) is 5.54. The number of hydrogen-bond acceptors (Lipinski definition) is 6. The summed E-state index contributed by atoms with van der Waals surface area (Å²) < 4.78 is 5.62. The standard InChI is InChI=1S/C12H17N5O2/c18-11(13-12-14-16-17-15-12)9-3-5-10(6-4-9)19-7-8-1-2-8/h3-6,8,12,14-17H,1-2,7H2,(H,13,18). The van der Waals surface area contributed by atoms with E-state index in [2.05, 4.69) is 27.2 Å². The summed E-state index contributed by atoms with van der Waals surface area (Å²) in [6.45, 7) is 0.777. The van der Waals surface area contributed by atoms with E-state index >= 15 is 0 Å². The van der Waals surface area contributed by atoms with Gasteiger partial charge in [0.05, 0.1) is 6.61 Å². The molecule has 7 nitrogen and oxygen atoms in total. The highest BCUT2D eigenvalue weighted by atomic mass is 16.5. The molecule has 0 bridgehead atoms. The van der Waals surface area contributed by atoms with E-state index in [1.807, 2.05) is 12.1 Å². The fourth-order valence-electron chi connectivity index (χ4n) is 1.74. The van der Waals surface area contributed by atoms with E-state index in [9.17, 15) is 4.79 Å². The van der Waals surface area contributed by atoms with Gasteiger partial charge >= 0.3 is 0 Å². The van der Waals surface area contributed by atoms with Crippen molar-refractivity contribution >= 4 is 5.91 Å².